The van der Waals surface area contributed by atoms with Crippen molar-refractivity contribution in [2.75, 3.05) is 87.8 Å². The topological polar surface area (TPSA) is 266 Å². The fourth-order valence-electron chi connectivity index (χ4n) is 10.4. The first-order valence-electron chi connectivity index (χ1n) is 32.2. The maximum Gasteiger partial charge on any atom is 1.00 e. The molecule has 101 heavy (non-hydrogen) atoms. The van der Waals surface area contributed by atoms with E-state index in [4.69, 9.17) is 115 Å². The zero-order valence-electron chi connectivity index (χ0n) is 59.2. The number of halogens is 7. The van der Waals surface area contributed by atoms with Crippen LogP contribution in [0, 0.1) is 17.8 Å². The van der Waals surface area contributed by atoms with Crippen LogP contribution in [0.5, 0.6) is 0 Å². The average Bonchev–Trinajstić information content (AvgIpc) is 1.69. The third kappa shape index (κ3) is 25.9. The van der Waals surface area contributed by atoms with Gasteiger partial charge in [0, 0.05) is 88.7 Å². The first-order valence-corrected chi connectivity index (χ1v) is 37.3. The number of carbonyl (C=O) groups is 6. The molecule has 3 aromatic carbocycles. The third-order valence-corrected chi connectivity index (χ3v) is 20.6. The molecule has 22 nitrogen and oxygen atoms in total. The molecule has 3 aliphatic heterocycles. The molecule has 6 aromatic rings. The Bertz CT molecular complexity index is 3750. The summed E-state index contributed by atoms with van der Waals surface area (Å²) in [6.07, 6.45) is 0.788. The summed E-state index contributed by atoms with van der Waals surface area (Å²) < 4.78 is 24.8. The average molecular weight is 1590 g/mol. The van der Waals surface area contributed by atoms with Gasteiger partial charge in [-0.05, 0) is 115 Å². The number of aliphatic carboxylic acids is 1. The van der Waals surface area contributed by atoms with Gasteiger partial charge in [0.1, 0.15) is 12.1 Å². The van der Waals surface area contributed by atoms with E-state index in [0.717, 1.165) is 84.7 Å². The third-order valence-electron chi connectivity index (χ3n) is 14.9. The first kappa shape index (κ1) is 88.3. The van der Waals surface area contributed by atoms with Gasteiger partial charge < -0.3 is 54.3 Å². The standard InChI is InChI=1S/C23H29Cl2N3O4S.C22H27Cl2N3O4S.C19H23Cl2N3O2S.C4H7ClO2.Li.H2O/c1-13(2)10-19-20(15-6-7-16(24)17(25)11-15)26-22(33-19)27-8-9-28(23(30)32-14(3)4)18(12-27)21(29)31-5;1-12(2)9-18-19(14-5-6-15(23)16(24)10-14)25-21(32-18)26-7-8-27(17(11-26)20(28)29)22(30)31-13(3)4;1-11(2)8-16-17(12-4-5-13(20)14(21)9-12)23-19(27-16)24-7-6-22-15(10-24)18(25)26-3;1-3(2)7-4(5)6;;/h6-7,11,13-14,18H,8-10,12H2,1-5H3;5-6,10,12-13,17H,7-9,11H2,1-4H3,(H,28,29);4-5,9,11,15,22H,6-8,10H2,1-3H3;3H,1-2H3;;1H2/q;;;;+1;/p-1. The number of carbonyl (C=O) groups excluding carboxylic acids is 5. The molecular weight excluding hydrogens is 1500 g/mol. The van der Waals surface area contributed by atoms with E-state index in [1.165, 1.54) is 28.9 Å². The summed E-state index contributed by atoms with van der Waals surface area (Å²) in [6, 6.07) is 14.4. The van der Waals surface area contributed by atoms with Crippen molar-refractivity contribution in [3.05, 3.63) is 99.4 Å². The zero-order valence-corrected chi connectivity index (χ0v) is 67.0. The summed E-state index contributed by atoms with van der Waals surface area (Å²) in [5, 5.41) is 18.3. The molecule has 0 saturated carbocycles. The normalized spacial score (nSPS) is 16.0. The van der Waals surface area contributed by atoms with E-state index < -0.39 is 41.6 Å². The molecule has 0 radical (unpaired) electrons. The molecule has 3 unspecified atom stereocenters. The van der Waals surface area contributed by atoms with E-state index >= 15 is 0 Å². The second-order valence-electron chi connectivity index (χ2n) is 25.4. The van der Waals surface area contributed by atoms with Gasteiger partial charge in [0.05, 0.1) is 92.8 Å². The van der Waals surface area contributed by atoms with Crippen molar-refractivity contribution in [2.45, 2.75) is 139 Å². The predicted molar refractivity (Wildman–Crippen MR) is 402 cm³/mol. The molecule has 550 valence electrons. The molecule has 3 N–H and O–H groups in total. The maximum absolute atomic E-state index is 12.5. The van der Waals surface area contributed by atoms with E-state index in [-0.39, 0.29) is 74.3 Å². The summed E-state index contributed by atoms with van der Waals surface area (Å²) in [6.45, 7) is 27.5. The van der Waals surface area contributed by atoms with Crippen molar-refractivity contribution in [3.63, 3.8) is 0 Å². The van der Waals surface area contributed by atoms with Crippen molar-refractivity contribution in [1.29, 1.82) is 0 Å². The number of nitrogens with one attached hydrogen (secondary N) is 1. The number of thiazole rings is 3. The van der Waals surface area contributed by atoms with Crippen LogP contribution in [-0.2, 0) is 57.3 Å². The molecule has 3 aliphatic rings. The number of carboxylic acid groups (broad SMARTS) is 1. The number of carboxylic acids is 1. The van der Waals surface area contributed by atoms with E-state index in [0.29, 0.717) is 80.6 Å². The molecule has 9 rings (SSSR count). The van der Waals surface area contributed by atoms with Crippen molar-refractivity contribution >= 4 is 166 Å². The van der Waals surface area contributed by atoms with Crippen molar-refractivity contribution < 1.29 is 81.9 Å². The second-order valence-corrected chi connectivity index (χ2v) is 31.3. The number of benzene rings is 3. The van der Waals surface area contributed by atoms with Gasteiger partial charge >= 0.3 is 54.4 Å². The van der Waals surface area contributed by atoms with Gasteiger partial charge in [0.25, 0.3) is 0 Å². The van der Waals surface area contributed by atoms with Gasteiger partial charge in [-0.3, -0.25) is 14.6 Å². The van der Waals surface area contributed by atoms with Crippen LogP contribution in [0.2, 0.25) is 30.1 Å². The largest absolute Gasteiger partial charge is 1.00 e. The SMILES string of the molecule is CC(C)Cc1sc(N2CCN(C(=O)OC(C)C)C(C(=O)O)C2)nc1-c1ccc(Cl)c(Cl)c1.CC(C)OC(=O)Cl.COC(=O)C1CN(c2nc(-c3ccc(Cl)c(Cl)c3)c(CC(C)C)s2)CCN1.COC(=O)C1CN(c2nc(-c3ccc(Cl)c(Cl)c3)c(CC(C)C)s2)CCN1C(=O)OC(C)C.[Li+].[OH-]. The first-order chi connectivity index (χ1) is 46.7. The molecule has 3 aromatic heterocycles. The predicted octanol–water partition coefficient (Wildman–Crippen LogP) is 13.8. The monoisotopic (exact) mass is 1590 g/mol. The van der Waals surface area contributed by atoms with Gasteiger partial charge in [0.2, 0.25) is 0 Å². The minimum atomic E-state index is -1.07. The number of esters is 2. The van der Waals surface area contributed by atoms with Gasteiger partial charge in [-0.2, -0.15) is 0 Å². The number of piperazine rings is 3. The number of aromatic nitrogens is 3. The number of amides is 2. The number of nitrogens with zero attached hydrogens (tertiary/aromatic N) is 8. The molecule has 3 saturated heterocycles. The summed E-state index contributed by atoms with van der Waals surface area (Å²) in [7, 11) is 2.73. The van der Waals surface area contributed by atoms with Crippen molar-refractivity contribution in [2.24, 2.45) is 17.8 Å². The fourth-order valence-corrected chi connectivity index (χ4v) is 15.5. The summed E-state index contributed by atoms with van der Waals surface area (Å²) in [5.74, 6) is -0.443. The van der Waals surface area contributed by atoms with Crippen molar-refractivity contribution in [3.8, 4) is 33.8 Å². The Morgan fingerprint density at radius 1 is 0.495 bits per heavy atom. The van der Waals surface area contributed by atoms with Gasteiger partial charge in [-0.25, -0.2) is 38.9 Å². The molecule has 3 atom stereocenters. The van der Waals surface area contributed by atoms with E-state index in [9.17, 15) is 33.9 Å². The number of methoxy groups -OCH3 is 2. The van der Waals surface area contributed by atoms with E-state index in [2.05, 4.69) is 56.5 Å². The van der Waals surface area contributed by atoms with Crippen molar-refractivity contribution in [1.82, 2.24) is 30.1 Å². The van der Waals surface area contributed by atoms with Crippen LogP contribution < -0.4 is 38.9 Å². The molecule has 0 bridgehead atoms. The molecule has 6 heterocycles. The van der Waals surface area contributed by atoms with Crippen LogP contribution in [0.4, 0.5) is 29.8 Å². The molecule has 33 heteroatoms. The molecule has 0 spiro atoms. The van der Waals surface area contributed by atoms with E-state index in [1.54, 1.807) is 99.8 Å². The molecule has 2 amide bonds. The summed E-state index contributed by atoms with van der Waals surface area (Å²) >= 11 is 46.6. The summed E-state index contributed by atoms with van der Waals surface area (Å²) in [4.78, 5) is 98.0. The number of anilines is 3. The van der Waals surface area contributed by atoms with Crippen LogP contribution in [0.1, 0.15) is 97.7 Å². The van der Waals surface area contributed by atoms with Gasteiger partial charge in [-0.1, -0.05) is 129 Å². The summed E-state index contributed by atoms with van der Waals surface area (Å²) in [5.41, 5.74) is 4.61. The minimum absolute atomic E-state index is 0. The molecular formula is C68H87Cl7LiN9O13S3. The molecule has 0 aliphatic carbocycles. The van der Waals surface area contributed by atoms with E-state index in [1.807, 2.05) is 40.1 Å². The Labute approximate surface area is 650 Å². The Morgan fingerprint density at radius 3 is 1.13 bits per heavy atom. The maximum atomic E-state index is 12.5. The Hall–Kier alpha value is -5.08. The van der Waals surface area contributed by atoms with Crippen LogP contribution in [0.15, 0.2) is 54.6 Å². The molecule has 3 fully saturated rings. The number of hydrogen-bond donors (Lipinski definition) is 2. The van der Waals surface area contributed by atoms with Crippen LogP contribution in [-0.4, -0.2) is 180 Å². The Kier molecular flexibility index (Phi) is 36.3. The smallest absolute Gasteiger partial charge is 0.870 e. The number of rotatable bonds is 18. The van der Waals surface area contributed by atoms with Crippen LogP contribution in [0.25, 0.3) is 33.8 Å². The fraction of sp³-hybridized carbons (Fsp3) is 0.515. The van der Waals surface area contributed by atoms with Crippen LogP contribution in [0.3, 0.4) is 0 Å². The number of hydrogen-bond acceptors (Lipinski definition) is 22. The quantitative estimate of drug-likeness (QED) is 0.0350. The second kappa shape index (κ2) is 41.6. The minimum Gasteiger partial charge on any atom is -0.870 e. The van der Waals surface area contributed by atoms with Gasteiger partial charge in [0.15, 0.2) is 21.4 Å². The zero-order chi connectivity index (χ0) is 73.3. The number of ether oxygens (including phenoxy) is 5. The van der Waals surface area contributed by atoms with Gasteiger partial charge in [-0.15, -0.1) is 34.0 Å². The van der Waals surface area contributed by atoms with Crippen LogP contribution >= 0.6 is 115 Å². The Morgan fingerprint density at radius 2 is 0.832 bits per heavy atom. The Balaban J connectivity index is 0.000000304.